The van der Waals surface area contributed by atoms with Crippen molar-refractivity contribution < 1.29 is 14.4 Å². The zero-order chi connectivity index (χ0) is 16.3. The summed E-state index contributed by atoms with van der Waals surface area (Å²) in [4.78, 5) is 17.6. The van der Waals surface area contributed by atoms with Gasteiger partial charge in [0.1, 0.15) is 12.6 Å². The Kier molecular flexibility index (Phi) is 7.04. The number of hydroxylamine groups is 1. The number of carbonyl (C=O) groups excluding carboxylic acids is 1. The molecule has 4 nitrogen and oxygen atoms in total. The Morgan fingerprint density at radius 1 is 1.04 bits per heavy atom. The van der Waals surface area contributed by atoms with Gasteiger partial charge in [0.05, 0.1) is 6.61 Å². The molecule has 2 aromatic rings. The van der Waals surface area contributed by atoms with Crippen molar-refractivity contribution in [1.82, 2.24) is 5.48 Å². The minimum absolute atomic E-state index is 0.185. The Bertz CT molecular complexity index is 599. The Morgan fingerprint density at radius 2 is 1.65 bits per heavy atom. The number of nitrogens with one attached hydrogen (secondary N) is 1. The fourth-order valence-corrected chi connectivity index (χ4v) is 2.06. The average molecular weight is 311 g/mol. The van der Waals surface area contributed by atoms with Crippen molar-refractivity contribution in [3.63, 3.8) is 0 Å². The third-order valence-electron chi connectivity index (χ3n) is 3.22. The van der Waals surface area contributed by atoms with Gasteiger partial charge in [-0.2, -0.15) is 5.48 Å². The zero-order valence-electron chi connectivity index (χ0n) is 13.0. The Hall–Kier alpha value is -2.43. The van der Waals surface area contributed by atoms with E-state index in [1.54, 1.807) is 6.08 Å². The largest absolute Gasteiger partial charge is 0.460 e. The van der Waals surface area contributed by atoms with Gasteiger partial charge in [0.25, 0.3) is 0 Å². The van der Waals surface area contributed by atoms with E-state index < -0.39 is 6.04 Å². The van der Waals surface area contributed by atoms with E-state index in [-0.39, 0.29) is 12.6 Å². The molecule has 0 spiro atoms. The van der Waals surface area contributed by atoms with Gasteiger partial charge in [0, 0.05) is 6.42 Å². The van der Waals surface area contributed by atoms with Gasteiger partial charge in [-0.05, 0) is 11.1 Å². The van der Waals surface area contributed by atoms with E-state index in [4.69, 9.17) is 9.57 Å². The Balaban J connectivity index is 1.92. The molecular formula is C19H21NO3. The van der Waals surface area contributed by atoms with E-state index in [0.29, 0.717) is 13.0 Å². The molecule has 120 valence electrons. The van der Waals surface area contributed by atoms with Crippen LogP contribution in [0.15, 0.2) is 73.3 Å². The fraction of sp³-hybridized carbons (Fsp3) is 0.211. The summed E-state index contributed by atoms with van der Waals surface area (Å²) >= 11 is 0. The van der Waals surface area contributed by atoms with Crippen LogP contribution in [0.4, 0.5) is 0 Å². The lowest BCUT2D eigenvalue weighted by molar-refractivity contribution is -0.150. The molecule has 1 atom stereocenters. The molecule has 0 amide bonds. The van der Waals surface area contributed by atoms with Crippen molar-refractivity contribution >= 4 is 5.97 Å². The van der Waals surface area contributed by atoms with Crippen molar-refractivity contribution in [2.24, 2.45) is 0 Å². The minimum atomic E-state index is -0.568. The normalized spacial score (nSPS) is 11.7. The fourth-order valence-electron chi connectivity index (χ4n) is 2.06. The Morgan fingerprint density at radius 3 is 2.26 bits per heavy atom. The first kappa shape index (κ1) is 16.9. The lowest BCUT2D eigenvalue weighted by Gasteiger charge is -2.17. The van der Waals surface area contributed by atoms with Crippen LogP contribution in [0.5, 0.6) is 0 Å². The molecule has 0 aliphatic heterocycles. The summed E-state index contributed by atoms with van der Waals surface area (Å²) in [5.41, 5.74) is 4.87. The molecule has 0 saturated carbocycles. The van der Waals surface area contributed by atoms with Gasteiger partial charge in [0.2, 0.25) is 0 Å². The van der Waals surface area contributed by atoms with Crippen LogP contribution in [0.25, 0.3) is 0 Å². The van der Waals surface area contributed by atoms with Crippen LogP contribution in [0.1, 0.15) is 11.1 Å². The average Bonchev–Trinajstić information content (AvgIpc) is 2.60. The third-order valence-corrected chi connectivity index (χ3v) is 3.22. The quantitative estimate of drug-likeness (QED) is 0.439. The molecular weight excluding hydrogens is 290 g/mol. The maximum atomic E-state index is 12.1. The summed E-state index contributed by atoms with van der Waals surface area (Å²) in [5, 5.41) is 0. The molecule has 0 aliphatic carbocycles. The molecule has 4 heteroatoms. The summed E-state index contributed by atoms with van der Waals surface area (Å²) in [6.07, 6.45) is 2.04. The highest BCUT2D eigenvalue weighted by Gasteiger charge is 2.20. The van der Waals surface area contributed by atoms with E-state index in [1.807, 2.05) is 60.7 Å². The first-order valence-electron chi connectivity index (χ1n) is 7.52. The second-order valence-electron chi connectivity index (χ2n) is 5.05. The van der Waals surface area contributed by atoms with Gasteiger partial charge in [-0.1, -0.05) is 73.3 Å². The molecule has 0 radical (unpaired) electrons. The van der Waals surface area contributed by atoms with Crippen LogP contribution in [0.2, 0.25) is 0 Å². The minimum Gasteiger partial charge on any atom is -0.460 e. The highest BCUT2D eigenvalue weighted by atomic mass is 16.6. The zero-order valence-corrected chi connectivity index (χ0v) is 13.0. The van der Waals surface area contributed by atoms with E-state index in [0.717, 1.165) is 11.1 Å². The topological polar surface area (TPSA) is 47.6 Å². The number of hydrogen-bond acceptors (Lipinski definition) is 4. The van der Waals surface area contributed by atoms with Crippen LogP contribution in [-0.2, 0) is 27.4 Å². The summed E-state index contributed by atoms with van der Waals surface area (Å²) in [6.45, 7) is 4.11. The van der Waals surface area contributed by atoms with Crippen LogP contribution in [0.3, 0.4) is 0 Å². The molecule has 0 aromatic heterocycles. The molecule has 2 aromatic carbocycles. The third kappa shape index (κ3) is 6.06. The number of benzene rings is 2. The van der Waals surface area contributed by atoms with Gasteiger partial charge >= 0.3 is 5.97 Å². The first-order chi connectivity index (χ1) is 11.3. The number of esters is 1. The molecule has 0 saturated heterocycles. The first-order valence-corrected chi connectivity index (χ1v) is 7.52. The van der Waals surface area contributed by atoms with Gasteiger partial charge in [-0.3, -0.25) is 9.63 Å². The maximum absolute atomic E-state index is 12.1. The summed E-state index contributed by atoms with van der Waals surface area (Å²) in [5.74, 6) is -0.359. The van der Waals surface area contributed by atoms with E-state index in [2.05, 4.69) is 12.1 Å². The second-order valence-corrected chi connectivity index (χ2v) is 5.05. The summed E-state index contributed by atoms with van der Waals surface area (Å²) < 4.78 is 5.13. The number of carbonyl (C=O) groups is 1. The van der Waals surface area contributed by atoms with Gasteiger partial charge in [0.15, 0.2) is 0 Å². The Labute approximate surface area is 136 Å². The summed E-state index contributed by atoms with van der Waals surface area (Å²) in [7, 11) is 0. The lowest BCUT2D eigenvalue weighted by Crippen LogP contribution is -2.39. The summed E-state index contributed by atoms with van der Waals surface area (Å²) in [6, 6.07) is 18.9. The highest BCUT2D eigenvalue weighted by molar-refractivity contribution is 5.76. The van der Waals surface area contributed by atoms with Crippen LogP contribution in [0, 0.1) is 0 Å². The van der Waals surface area contributed by atoms with Crippen LogP contribution in [-0.4, -0.2) is 18.6 Å². The molecule has 2 rings (SSSR count). The van der Waals surface area contributed by atoms with E-state index in [1.165, 1.54) is 0 Å². The van der Waals surface area contributed by atoms with E-state index in [9.17, 15) is 4.79 Å². The predicted molar refractivity (Wildman–Crippen MR) is 89.5 cm³/mol. The SMILES string of the molecule is C=CCOC(=O)[C@H](Cc1ccccc1)NOCc1ccccc1. The molecule has 0 aliphatic rings. The van der Waals surface area contributed by atoms with Gasteiger partial charge in [-0.25, -0.2) is 0 Å². The van der Waals surface area contributed by atoms with Gasteiger partial charge < -0.3 is 4.74 Å². The standard InChI is InChI=1S/C19H21NO3/c1-2-13-22-19(21)18(14-16-9-5-3-6-10-16)20-23-15-17-11-7-4-8-12-17/h2-12,18,20H,1,13-15H2/t18-/m0/s1. The van der Waals surface area contributed by atoms with Crippen molar-refractivity contribution in [1.29, 1.82) is 0 Å². The van der Waals surface area contributed by atoms with E-state index >= 15 is 0 Å². The van der Waals surface area contributed by atoms with Crippen molar-refractivity contribution in [3.8, 4) is 0 Å². The smallest absolute Gasteiger partial charge is 0.326 e. The lowest BCUT2D eigenvalue weighted by atomic mass is 10.1. The predicted octanol–water partition coefficient (Wildman–Crippen LogP) is 3.05. The van der Waals surface area contributed by atoms with Gasteiger partial charge in [-0.15, -0.1) is 0 Å². The van der Waals surface area contributed by atoms with Crippen molar-refractivity contribution in [2.75, 3.05) is 6.61 Å². The maximum Gasteiger partial charge on any atom is 0.326 e. The number of ether oxygens (including phenoxy) is 1. The van der Waals surface area contributed by atoms with Crippen LogP contribution >= 0.6 is 0 Å². The molecule has 0 unspecified atom stereocenters. The van der Waals surface area contributed by atoms with Crippen molar-refractivity contribution in [2.45, 2.75) is 19.1 Å². The van der Waals surface area contributed by atoms with Crippen molar-refractivity contribution in [3.05, 3.63) is 84.4 Å². The van der Waals surface area contributed by atoms with Crippen LogP contribution < -0.4 is 5.48 Å². The molecule has 0 bridgehead atoms. The molecule has 1 N–H and O–H groups in total. The monoisotopic (exact) mass is 311 g/mol. The molecule has 0 heterocycles. The molecule has 23 heavy (non-hydrogen) atoms. The number of hydrogen-bond donors (Lipinski definition) is 1. The number of rotatable bonds is 9. The molecule has 0 fully saturated rings. The second kappa shape index (κ2) is 9.56. The highest BCUT2D eigenvalue weighted by Crippen LogP contribution is 2.06.